The van der Waals surface area contributed by atoms with Gasteiger partial charge in [-0.05, 0) is 19.1 Å². The summed E-state index contributed by atoms with van der Waals surface area (Å²) in [6.07, 6.45) is -0.507. The van der Waals surface area contributed by atoms with Crippen molar-refractivity contribution in [1.82, 2.24) is 5.32 Å². The smallest absolute Gasteiger partial charge is 0.119 e. The summed E-state index contributed by atoms with van der Waals surface area (Å²) in [5.41, 5.74) is 6.51. The highest BCUT2D eigenvalue weighted by atomic mass is 16.5. The fourth-order valence-corrected chi connectivity index (χ4v) is 1.26. The number of hydrogen-bond acceptors (Lipinski definition) is 4. The lowest BCUT2D eigenvalue weighted by atomic mass is 10.2. The molecule has 4 N–H and O–H groups in total. The Hall–Kier alpha value is -1.10. The van der Waals surface area contributed by atoms with E-state index in [1.54, 1.807) is 0 Å². The van der Waals surface area contributed by atoms with Gasteiger partial charge in [0.1, 0.15) is 18.5 Å². The molecular formula is C12H20N2O2. The fourth-order valence-electron chi connectivity index (χ4n) is 1.26. The second kappa shape index (κ2) is 7.22. The number of rotatable bonds is 7. The molecule has 0 amide bonds. The van der Waals surface area contributed by atoms with Crippen LogP contribution in [-0.2, 0) is 0 Å². The first-order valence-corrected chi connectivity index (χ1v) is 5.50. The van der Waals surface area contributed by atoms with E-state index in [0.717, 1.165) is 5.75 Å². The molecule has 1 aromatic carbocycles. The van der Waals surface area contributed by atoms with Crippen LogP contribution in [0.25, 0.3) is 0 Å². The van der Waals surface area contributed by atoms with Crippen LogP contribution in [0.15, 0.2) is 24.3 Å². The van der Waals surface area contributed by atoms with Crippen LogP contribution in [0.2, 0.25) is 0 Å². The van der Waals surface area contributed by atoms with Crippen molar-refractivity contribution >= 4 is 0 Å². The minimum atomic E-state index is -0.507. The molecule has 0 saturated heterocycles. The number of nitrogens with one attached hydrogen (secondary N) is 1. The first-order chi connectivity index (χ1) is 7.72. The molecule has 1 aromatic rings. The van der Waals surface area contributed by atoms with Gasteiger partial charge in [0.15, 0.2) is 0 Å². The highest BCUT2D eigenvalue weighted by Gasteiger charge is 2.04. The lowest BCUT2D eigenvalue weighted by Gasteiger charge is -2.12. The third kappa shape index (κ3) is 5.11. The average molecular weight is 224 g/mol. The van der Waals surface area contributed by atoms with Gasteiger partial charge in [0.25, 0.3) is 0 Å². The maximum Gasteiger partial charge on any atom is 0.119 e. The summed E-state index contributed by atoms with van der Waals surface area (Å²) < 4.78 is 5.43. The van der Waals surface area contributed by atoms with Gasteiger partial charge in [-0.1, -0.05) is 17.7 Å². The van der Waals surface area contributed by atoms with Crippen LogP contribution in [0.5, 0.6) is 5.75 Å². The van der Waals surface area contributed by atoms with Gasteiger partial charge in [-0.2, -0.15) is 0 Å². The summed E-state index contributed by atoms with van der Waals surface area (Å²) in [5.74, 6) is 0.781. The fraction of sp³-hybridized carbons (Fsp3) is 0.500. The number of hydrogen-bond donors (Lipinski definition) is 3. The normalized spacial score (nSPS) is 12.4. The lowest BCUT2D eigenvalue weighted by Crippen LogP contribution is -2.34. The van der Waals surface area contributed by atoms with Crippen LogP contribution in [0.4, 0.5) is 0 Å². The van der Waals surface area contributed by atoms with E-state index < -0.39 is 6.10 Å². The molecule has 0 fully saturated rings. The average Bonchev–Trinajstić information content (AvgIpc) is 2.29. The number of ether oxygens (including phenoxy) is 1. The second-order valence-electron chi connectivity index (χ2n) is 3.77. The molecule has 0 aliphatic rings. The van der Waals surface area contributed by atoms with E-state index in [0.29, 0.717) is 26.2 Å². The predicted octanol–water partition coefficient (Wildman–Crippen LogP) is 0.283. The van der Waals surface area contributed by atoms with Gasteiger partial charge in [-0.15, -0.1) is 0 Å². The molecule has 4 heteroatoms. The largest absolute Gasteiger partial charge is 0.491 e. The van der Waals surface area contributed by atoms with Crippen LogP contribution in [0.1, 0.15) is 5.56 Å². The molecule has 4 nitrogen and oxygen atoms in total. The monoisotopic (exact) mass is 224 g/mol. The van der Waals surface area contributed by atoms with Crippen LogP contribution >= 0.6 is 0 Å². The molecule has 1 unspecified atom stereocenters. The van der Waals surface area contributed by atoms with Crippen molar-refractivity contribution in [2.75, 3.05) is 26.2 Å². The molecule has 0 spiro atoms. The van der Waals surface area contributed by atoms with Gasteiger partial charge in [0, 0.05) is 19.6 Å². The summed E-state index contributed by atoms with van der Waals surface area (Å²) in [5, 5.41) is 12.6. The van der Waals surface area contributed by atoms with E-state index in [1.165, 1.54) is 5.56 Å². The standard InChI is InChI=1S/C12H20N2O2/c1-10-2-4-12(5-3-10)16-9-11(15)8-14-7-6-13/h2-5,11,14-15H,6-9,13H2,1H3. The Kier molecular flexibility index (Phi) is 5.85. The van der Waals surface area contributed by atoms with E-state index in [9.17, 15) is 5.11 Å². The quantitative estimate of drug-likeness (QED) is 0.582. The van der Waals surface area contributed by atoms with Gasteiger partial charge < -0.3 is 20.9 Å². The van der Waals surface area contributed by atoms with Crippen molar-refractivity contribution in [3.8, 4) is 5.75 Å². The summed E-state index contributed by atoms with van der Waals surface area (Å²) >= 11 is 0. The predicted molar refractivity (Wildman–Crippen MR) is 64.6 cm³/mol. The summed E-state index contributed by atoms with van der Waals surface area (Å²) in [4.78, 5) is 0. The summed E-state index contributed by atoms with van der Waals surface area (Å²) in [6.45, 7) is 4.10. The highest BCUT2D eigenvalue weighted by Crippen LogP contribution is 2.11. The molecule has 0 heterocycles. The molecule has 0 aliphatic heterocycles. The Morgan fingerprint density at radius 1 is 1.38 bits per heavy atom. The molecule has 16 heavy (non-hydrogen) atoms. The summed E-state index contributed by atoms with van der Waals surface area (Å²) in [7, 11) is 0. The van der Waals surface area contributed by atoms with Gasteiger partial charge in [-0.25, -0.2) is 0 Å². The van der Waals surface area contributed by atoms with E-state index in [2.05, 4.69) is 5.32 Å². The Bertz CT molecular complexity index is 288. The van der Waals surface area contributed by atoms with E-state index in [1.807, 2.05) is 31.2 Å². The molecule has 0 aromatic heterocycles. The minimum absolute atomic E-state index is 0.292. The molecular weight excluding hydrogens is 204 g/mol. The molecule has 0 radical (unpaired) electrons. The number of aliphatic hydroxyl groups is 1. The van der Waals surface area contributed by atoms with Gasteiger partial charge in [0.05, 0.1) is 0 Å². The zero-order chi connectivity index (χ0) is 11.8. The molecule has 0 bridgehead atoms. The number of benzene rings is 1. The number of aliphatic hydroxyl groups excluding tert-OH is 1. The third-order valence-corrected chi connectivity index (χ3v) is 2.16. The first-order valence-electron chi connectivity index (χ1n) is 5.50. The van der Waals surface area contributed by atoms with E-state index >= 15 is 0 Å². The van der Waals surface area contributed by atoms with Gasteiger partial charge in [-0.3, -0.25) is 0 Å². The Labute approximate surface area is 96.4 Å². The van der Waals surface area contributed by atoms with Crippen molar-refractivity contribution in [1.29, 1.82) is 0 Å². The van der Waals surface area contributed by atoms with E-state index in [4.69, 9.17) is 10.5 Å². The van der Waals surface area contributed by atoms with Crippen molar-refractivity contribution in [2.24, 2.45) is 5.73 Å². The van der Waals surface area contributed by atoms with Crippen LogP contribution in [0.3, 0.4) is 0 Å². The van der Waals surface area contributed by atoms with Crippen molar-refractivity contribution in [2.45, 2.75) is 13.0 Å². The molecule has 0 aliphatic carbocycles. The van der Waals surface area contributed by atoms with Crippen molar-refractivity contribution < 1.29 is 9.84 Å². The SMILES string of the molecule is Cc1ccc(OCC(O)CNCCN)cc1. The van der Waals surface area contributed by atoms with E-state index in [-0.39, 0.29) is 0 Å². The minimum Gasteiger partial charge on any atom is -0.491 e. The Morgan fingerprint density at radius 3 is 2.69 bits per heavy atom. The van der Waals surface area contributed by atoms with Crippen LogP contribution in [0, 0.1) is 6.92 Å². The molecule has 0 saturated carbocycles. The maximum atomic E-state index is 9.56. The lowest BCUT2D eigenvalue weighted by molar-refractivity contribution is 0.107. The zero-order valence-electron chi connectivity index (χ0n) is 9.65. The third-order valence-electron chi connectivity index (χ3n) is 2.16. The molecule has 1 atom stereocenters. The molecule has 90 valence electrons. The number of nitrogens with two attached hydrogens (primary N) is 1. The van der Waals surface area contributed by atoms with Gasteiger partial charge >= 0.3 is 0 Å². The Morgan fingerprint density at radius 2 is 2.06 bits per heavy atom. The summed E-state index contributed by atoms with van der Waals surface area (Å²) in [6, 6.07) is 7.76. The maximum absolute atomic E-state index is 9.56. The Balaban J connectivity index is 2.20. The van der Waals surface area contributed by atoms with Gasteiger partial charge in [0.2, 0.25) is 0 Å². The molecule has 1 rings (SSSR count). The van der Waals surface area contributed by atoms with Crippen molar-refractivity contribution in [3.63, 3.8) is 0 Å². The second-order valence-corrected chi connectivity index (χ2v) is 3.77. The number of aryl methyl sites for hydroxylation is 1. The topological polar surface area (TPSA) is 67.5 Å². The van der Waals surface area contributed by atoms with Crippen LogP contribution in [-0.4, -0.2) is 37.5 Å². The first kappa shape index (κ1) is 13.0. The zero-order valence-corrected chi connectivity index (χ0v) is 9.65. The van der Waals surface area contributed by atoms with Crippen LogP contribution < -0.4 is 15.8 Å². The highest BCUT2D eigenvalue weighted by molar-refractivity contribution is 5.26. The van der Waals surface area contributed by atoms with Crippen molar-refractivity contribution in [3.05, 3.63) is 29.8 Å².